The van der Waals surface area contributed by atoms with E-state index >= 15 is 0 Å². The second-order valence-electron chi connectivity index (χ2n) is 2.77. The van der Waals surface area contributed by atoms with Gasteiger partial charge in [-0.2, -0.15) is 0 Å². The van der Waals surface area contributed by atoms with Crippen molar-refractivity contribution in [3.8, 4) is 0 Å². The lowest BCUT2D eigenvalue weighted by Crippen LogP contribution is -1.88. The van der Waals surface area contributed by atoms with Crippen molar-refractivity contribution in [1.29, 1.82) is 0 Å². The molecule has 0 amide bonds. The molecule has 2 aromatic rings. The molecule has 0 aliphatic carbocycles. The van der Waals surface area contributed by atoms with Crippen LogP contribution in [0.3, 0.4) is 0 Å². The van der Waals surface area contributed by atoms with Crippen molar-refractivity contribution in [3.63, 3.8) is 0 Å². The zero-order valence-corrected chi connectivity index (χ0v) is 6.96. The number of nitrogen functional groups attached to an aromatic ring is 1. The molecule has 0 aliphatic heterocycles. The molecule has 3 nitrogen and oxygen atoms in total. The van der Waals surface area contributed by atoms with Gasteiger partial charge in [0.05, 0.1) is 5.69 Å². The maximum absolute atomic E-state index is 5.88. The normalized spacial score (nSPS) is 10.8. The standard InChI is InChI=1S/C9H11N3/c1-2-7-8(10)6-4-3-5-11-9(6)12-7/h3-5H,2,10H2,1H3,(H,11,12). The molecule has 0 unspecified atom stereocenters. The largest absolute Gasteiger partial charge is 0.397 e. The number of H-pyrrole nitrogens is 1. The van der Waals surface area contributed by atoms with Crippen LogP contribution in [0.1, 0.15) is 12.6 Å². The van der Waals surface area contributed by atoms with Crippen LogP contribution >= 0.6 is 0 Å². The molecular formula is C9H11N3. The monoisotopic (exact) mass is 161 g/mol. The van der Waals surface area contributed by atoms with Crippen molar-refractivity contribution in [1.82, 2.24) is 9.97 Å². The minimum Gasteiger partial charge on any atom is -0.397 e. The van der Waals surface area contributed by atoms with Crippen molar-refractivity contribution in [2.75, 3.05) is 5.73 Å². The predicted octanol–water partition coefficient (Wildman–Crippen LogP) is 1.71. The molecule has 2 heterocycles. The number of hydrogen-bond donors (Lipinski definition) is 2. The van der Waals surface area contributed by atoms with Gasteiger partial charge >= 0.3 is 0 Å². The van der Waals surface area contributed by atoms with Gasteiger partial charge in [0.1, 0.15) is 5.65 Å². The topological polar surface area (TPSA) is 54.7 Å². The summed E-state index contributed by atoms with van der Waals surface area (Å²) in [4.78, 5) is 7.35. The Balaban J connectivity index is 2.78. The predicted molar refractivity (Wildman–Crippen MR) is 49.9 cm³/mol. The molecule has 0 saturated heterocycles. The Hall–Kier alpha value is -1.51. The summed E-state index contributed by atoms with van der Waals surface area (Å²) in [6, 6.07) is 3.87. The van der Waals surface area contributed by atoms with Crippen LogP contribution in [0, 0.1) is 0 Å². The van der Waals surface area contributed by atoms with E-state index in [4.69, 9.17) is 5.73 Å². The van der Waals surface area contributed by atoms with Gasteiger partial charge in [-0.1, -0.05) is 6.92 Å². The van der Waals surface area contributed by atoms with Crippen molar-refractivity contribution in [2.24, 2.45) is 0 Å². The summed E-state index contributed by atoms with van der Waals surface area (Å²) in [5.41, 5.74) is 8.67. The first kappa shape index (κ1) is 7.16. The molecule has 62 valence electrons. The van der Waals surface area contributed by atoms with E-state index in [2.05, 4.69) is 16.9 Å². The highest BCUT2D eigenvalue weighted by atomic mass is 14.9. The lowest BCUT2D eigenvalue weighted by atomic mass is 10.2. The third-order valence-corrected chi connectivity index (χ3v) is 2.05. The molecule has 0 fully saturated rings. The van der Waals surface area contributed by atoms with Crippen molar-refractivity contribution < 1.29 is 0 Å². The Morgan fingerprint density at radius 2 is 2.42 bits per heavy atom. The van der Waals surface area contributed by atoms with Crippen LogP contribution in [0.15, 0.2) is 18.3 Å². The number of hydrogen-bond acceptors (Lipinski definition) is 2. The minimum absolute atomic E-state index is 0.834. The van der Waals surface area contributed by atoms with Gasteiger partial charge in [-0.3, -0.25) is 0 Å². The first-order valence-electron chi connectivity index (χ1n) is 4.04. The highest BCUT2D eigenvalue weighted by molar-refractivity contribution is 5.90. The second kappa shape index (κ2) is 2.52. The molecule has 2 aromatic heterocycles. The summed E-state index contributed by atoms with van der Waals surface area (Å²) >= 11 is 0. The van der Waals surface area contributed by atoms with Gasteiger partial charge in [-0.25, -0.2) is 4.98 Å². The number of nitrogens with two attached hydrogens (primary N) is 1. The molecule has 0 saturated carbocycles. The molecule has 0 bridgehead atoms. The number of nitrogens with one attached hydrogen (secondary N) is 1. The van der Waals surface area contributed by atoms with Crippen LogP contribution in [0.2, 0.25) is 0 Å². The quantitative estimate of drug-likeness (QED) is 0.669. The van der Waals surface area contributed by atoms with E-state index < -0.39 is 0 Å². The van der Waals surface area contributed by atoms with Crippen LogP contribution in [0.4, 0.5) is 5.69 Å². The number of pyridine rings is 1. The fourth-order valence-corrected chi connectivity index (χ4v) is 1.37. The highest BCUT2D eigenvalue weighted by Crippen LogP contribution is 2.22. The van der Waals surface area contributed by atoms with Gasteiger partial charge in [0.2, 0.25) is 0 Å². The van der Waals surface area contributed by atoms with Crippen molar-refractivity contribution >= 4 is 16.7 Å². The SMILES string of the molecule is CCc1[nH]c2ncccc2c1N. The zero-order chi connectivity index (χ0) is 8.55. The Bertz CT molecular complexity index is 403. The zero-order valence-electron chi connectivity index (χ0n) is 6.96. The van der Waals surface area contributed by atoms with Gasteiger partial charge in [0.25, 0.3) is 0 Å². The van der Waals surface area contributed by atoms with Crippen LogP contribution in [-0.2, 0) is 6.42 Å². The second-order valence-corrected chi connectivity index (χ2v) is 2.77. The number of aromatic amines is 1. The summed E-state index contributed by atoms with van der Waals surface area (Å²) in [6.45, 7) is 2.07. The average Bonchev–Trinajstić information content (AvgIpc) is 2.44. The number of rotatable bonds is 1. The molecule has 0 radical (unpaired) electrons. The molecule has 0 atom stereocenters. The first-order chi connectivity index (χ1) is 5.83. The Kier molecular flexibility index (Phi) is 1.50. The van der Waals surface area contributed by atoms with Gasteiger partial charge in [-0.05, 0) is 18.6 Å². The van der Waals surface area contributed by atoms with E-state index in [0.29, 0.717) is 0 Å². The number of nitrogens with zero attached hydrogens (tertiary/aromatic N) is 1. The van der Waals surface area contributed by atoms with Gasteiger partial charge in [0, 0.05) is 17.3 Å². The average molecular weight is 161 g/mol. The van der Waals surface area contributed by atoms with E-state index in [-0.39, 0.29) is 0 Å². The Morgan fingerprint density at radius 3 is 3.08 bits per heavy atom. The number of aromatic nitrogens is 2. The van der Waals surface area contributed by atoms with Gasteiger partial charge in [-0.15, -0.1) is 0 Å². The highest BCUT2D eigenvalue weighted by Gasteiger charge is 2.05. The van der Waals surface area contributed by atoms with Crippen molar-refractivity contribution in [3.05, 3.63) is 24.0 Å². The van der Waals surface area contributed by atoms with Gasteiger partial charge < -0.3 is 10.7 Å². The number of fused-ring (bicyclic) bond motifs is 1. The third-order valence-electron chi connectivity index (χ3n) is 2.05. The summed E-state index contributed by atoms with van der Waals surface area (Å²) < 4.78 is 0. The maximum Gasteiger partial charge on any atom is 0.139 e. The van der Waals surface area contributed by atoms with Crippen LogP contribution in [-0.4, -0.2) is 9.97 Å². The molecule has 0 spiro atoms. The number of anilines is 1. The molecule has 12 heavy (non-hydrogen) atoms. The molecule has 0 aromatic carbocycles. The minimum atomic E-state index is 0.834. The van der Waals surface area contributed by atoms with E-state index in [9.17, 15) is 0 Å². The first-order valence-corrected chi connectivity index (χ1v) is 4.04. The lowest BCUT2D eigenvalue weighted by molar-refractivity contribution is 1.07. The van der Waals surface area contributed by atoms with E-state index in [0.717, 1.165) is 28.8 Å². The van der Waals surface area contributed by atoms with Crippen LogP contribution in [0.5, 0.6) is 0 Å². The van der Waals surface area contributed by atoms with Crippen molar-refractivity contribution in [2.45, 2.75) is 13.3 Å². The van der Waals surface area contributed by atoms with Crippen LogP contribution in [0.25, 0.3) is 11.0 Å². The van der Waals surface area contributed by atoms with E-state index in [1.165, 1.54) is 0 Å². The summed E-state index contributed by atoms with van der Waals surface area (Å²) in [5.74, 6) is 0. The smallest absolute Gasteiger partial charge is 0.139 e. The fraction of sp³-hybridized carbons (Fsp3) is 0.222. The summed E-state index contributed by atoms with van der Waals surface area (Å²) in [5, 5.41) is 1.02. The summed E-state index contributed by atoms with van der Waals surface area (Å²) in [6.07, 6.45) is 2.68. The lowest BCUT2D eigenvalue weighted by Gasteiger charge is -1.91. The molecule has 2 rings (SSSR count). The third kappa shape index (κ3) is 0.863. The van der Waals surface area contributed by atoms with Gasteiger partial charge in [0.15, 0.2) is 0 Å². The van der Waals surface area contributed by atoms with E-state index in [1.54, 1.807) is 6.20 Å². The molecule has 3 heteroatoms. The molecular weight excluding hydrogens is 150 g/mol. The molecule has 0 aliphatic rings. The fourth-order valence-electron chi connectivity index (χ4n) is 1.37. The Labute approximate surface area is 70.6 Å². The summed E-state index contributed by atoms with van der Waals surface area (Å²) in [7, 11) is 0. The van der Waals surface area contributed by atoms with E-state index in [1.807, 2.05) is 12.1 Å². The Morgan fingerprint density at radius 1 is 1.58 bits per heavy atom. The maximum atomic E-state index is 5.88. The molecule has 3 N–H and O–H groups in total. The number of aryl methyl sites for hydroxylation is 1. The van der Waals surface area contributed by atoms with Crippen LogP contribution < -0.4 is 5.73 Å².